The van der Waals surface area contributed by atoms with Crippen LogP contribution >= 0.6 is 11.6 Å². The minimum absolute atomic E-state index is 0.0501. The van der Waals surface area contributed by atoms with E-state index in [-0.39, 0.29) is 11.8 Å². The first-order valence-electron chi connectivity index (χ1n) is 9.43. The fourth-order valence-corrected chi connectivity index (χ4v) is 3.62. The van der Waals surface area contributed by atoms with Crippen molar-refractivity contribution in [3.63, 3.8) is 0 Å². The van der Waals surface area contributed by atoms with Gasteiger partial charge in [0.25, 0.3) is 5.91 Å². The van der Waals surface area contributed by atoms with Crippen LogP contribution in [0.2, 0.25) is 5.02 Å². The van der Waals surface area contributed by atoms with Crippen molar-refractivity contribution < 1.29 is 9.53 Å². The number of halogens is 1. The predicted molar refractivity (Wildman–Crippen MR) is 108 cm³/mol. The molecule has 1 aliphatic rings. The second-order valence-corrected chi connectivity index (χ2v) is 8.14. The van der Waals surface area contributed by atoms with Crippen LogP contribution in [-0.2, 0) is 16.0 Å². The molecule has 4 nitrogen and oxygen atoms in total. The molecule has 144 valence electrons. The SMILES string of the molecule is COC(C)(C)C(=O)N1CCCC(c2ccc(Cc3ccc(Cl)cc3)cn2)C1. The Balaban J connectivity index is 1.65. The largest absolute Gasteiger partial charge is 0.369 e. The molecule has 0 bridgehead atoms. The number of benzene rings is 1. The standard InChI is InChI=1S/C22H27ClN2O2/c1-22(2,27-3)21(26)25-12-4-5-18(15-25)20-11-8-17(14-24-20)13-16-6-9-19(23)10-7-16/h6-11,14,18H,4-5,12-13,15H2,1-3H3. The van der Waals surface area contributed by atoms with E-state index >= 15 is 0 Å². The number of carbonyl (C=O) groups is 1. The summed E-state index contributed by atoms with van der Waals surface area (Å²) in [5, 5.41) is 0.750. The summed E-state index contributed by atoms with van der Waals surface area (Å²) in [4.78, 5) is 19.3. The molecule has 0 radical (unpaired) electrons. The number of likely N-dealkylation sites (tertiary alicyclic amines) is 1. The van der Waals surface area contributed by atoms with Gasteiger partial charge >= 0.3 is 0 Å². The third-order valence-electron chi connectivity index (χ3n) is 5.32. The van der Waals surface area contributed by atoms with E-state index in [0.29, 0.717) is 6.54 Å². The van der Waals surface area contributed by atoms with Crippen molar-refractivity contribution in [3.8, 4) is 0 Å². The molecule has 1 aliphatic heterocycles. The Labute approximate surface area is 166 Å². The van der Waals surface area contributed by atoms with E-state index in [0.717, 1.165) is 36.5 Å². The van der Waals surface area contributed by atoms with Gasteiger partial charge in [-0.15, -0.1) is 0 Å². The number of pyridine rings is 1. The number of ether oxygens (including phenoxy) is 1. The highest BCUT2D eigenvalue weighted by Crippen LogP contribution is 2.28. The molecule has 27 heavy (non-hydrogen) atoms. The molecule has 2 aromatic rings. The minimum atomic E-state index is -0.780. The number of hydrogen-bond acceptors (Lipinski definition) is 3. The van der Waals surface area contributed by atoms with Crippen molar-refractivity contribution in [2.75, 3.05) is 20.2 Å². The summed E-state index contributed by atoms with van der Waals surface area (Å²) in [6, 6.07) is 12.1. The predicted octanol–water partition coefficient (Wildman–Crippen LogP) is 4.46. The van der Waals surface area contributed by atoms with Crippen LogP contribution in [0.15, 0.2) is 42.6 Å². The van der Waals surface area contributed by atoms with E-state index in [9.17, 15) is 4.79 Å². The van der Waals surface area contributed by atoms with Crippen molar-refractivity contribution in [1.82, 2.24) is 9.88 Å². The van der Waals surface area contributed by atoms with Crippen LogP contribution in [0.1, 0.15) is 49.4 Å². The fraction of sp³-hybridized carbons (Fsp3) is 0.455. The van der Waals surface area contributed by atoms with Crippen molar-refractivity contribution in [3.05, 3.63) is 64.4 Å². The molecule has 2 heterocycles. The normalized spacial score (nSPS) is 17.8. The van der Waals surface area contributed by atoms with Crippen molar-refractivity contribution >= 4 is 17.5 Å². The summed E-state index contributed by atoms with van der Waals surface area (Å²) >= 11 is 5.94. The average molecular weight is 387 g/mol. The van der Waals surface area contributed by atoms with Crippen LogP contribution in [0.4, 0.5) is 0 Å². The van der Waals surface area contributed by atoms with Crippen LogP contribution in [0.3, 0.4) is 0 Å². The van der Waals surface area contributed by atoms with Gasteiger partial charge in [-0.3, -0.25) is 9.78 Å². The monoisotopic (exact) mass is 386 g/mol. The van der Waals surface area contributed by atoms with Crippen LogP contribution < -0.4 is 0 Å². The molecule has 1 saturated heterocycles. The molecule has 1 aromatic carbocycles. The molecule has 1 aromatic heterocycles. The quantitative estimate of drug-likeness (QED) is 0.762. The van der Waals surface area contributed by atoms with Gasteiger partial charge in [-0.1, -0.05) is 29.8 Å². The molecule has 0 spiro atoms. The zero-order chi connectivity index (χ0) is 19.4. The second kappa shape index (κ2) is 8.41. The number of rotatable bonds is 5. The minimum Gasteiger partial charge on any atom is -0.369 e. The molecular weight excluding hydrogens is 360 g/mol. The zero-order valence-electron chi connectivity index (χ0n) is 16.2. The molecule has 0 aliphatic carbocycles. The summed E-state index contributed by atoms with van der Waals surface area (Å²) in [5.74, 6) is 0.328. The Morgan fingerprint density at radius 2 is 1.93 bits per heavy atom. The third-order valence-corrected chi connectivity index (χ3v) is 5.57. The first-order chi connectivity index (χ1) is 12.9. The molecule has 0 saturated carbocycles. The van der Waals surface area contributed by atoms with Gasteiger partial charge in [0.2, 0.25) is 0 Å². The number of aromatic nitrogens is 1. The summed E-state index contributed by atoms with van der Waals surface area (Å²) in [6.07, 6.45) is 4.83. The number of piperidine rings is 1. The lowest BCUT2D eigenvalue weighted by Gasteiger charge is -2.36. The maximum absolute atomic E-state index is 12.7. The Morgan fingerprint density at radius 3 is 2.56 bits per heavy atom. The molecule has 0 N–H and O–H groups in total. The number of nitrogens with zero attached hydrogens (tertiary/aromatic N) is 2. The summed E-state index contributed by atoms with van der Waals surface area (Å²) in [5.41, 5.74) is 2.66. The molecule has 5 heteroatoms. The summed E-state index contributed by atoms with van der Waals surface area (Å²) in [6.45, 7) is 5.14. The first kappa shape index (κ1) is 19.8. The number of carbonyl (C=O) groups excluding carboxylic acids is 1. The molecule has 1 unspecified atom stereocenters. The van der Waals surface area contributed by atoms with Gasteiger partial charge in [0.15, 0.2) is 0 Å². The maximum Gasteiger partial charge on any atom is 0.254 e. The average Bonchev–Trinajstić information content (AvgIpc) is 2.70. The van der Waals surface area contributed by atoms with E-state index in [2.05, 4.69) is 12.1 Å². The van der Waals surface area contributed by atoms with Gasteiger partial charge < -0.3 is 9.64 Å². The van der Waals surface area contributed by atoms with Crippen LogP contribution in [-0.4, -0.2) is 41.6 Å². The van der Waals surface area contributed by atoms with Crippen molar-refractivity contribution in [2.24, 2.45) is 0 Å². The first-order valence-corrected chi connectivity index (χ1v) is 9.80. The lowest BCUT2D eigenvalue weighted by atomic mass is 9.92. The second-order valence-electron chi connectivity index (χ2n) is 7.70. The van der Waals surface area contributed by atoms with Crippen molar-refractivity contribution in [1.29, 1.82) is 0 Å². The number of methoxy groups -OCH3 is 1. The zero-order valence-corrected chi connectivity index (χ0v) is 17.0. The lowest BCUT2D eigenvalue weighted by Crippen LogP contribution is -2.49. The van der Waals surface area contributed by atoms with Gasteiger partial charge in [-0.05, 0) is 62.4 Å². The van der Waals surface area contributed by atoms with E-state index in [1.807, 2.05) is 49.2 Å². The van der Waals surface area contributed by atoms with Gasteiger partial charge in [-0.2, -0.15) is 0 Å². The number of hydrogen-bond donors (Lipinski definition) is 0. The summed E-state index contributed by atoms with van der Waals surface area (Å²) in [7, 11) is 1.58. The smallest absolute Gasteiger partial charge is 0.254 e. The Morgan fingerprint density at radius 1 is 1.22 bits per heavy atom. The highest BCUT2D eigenvalue weighted by molar-refractivity contribution is 6.30. The maximum atomic E-state index is 12.7. The molecule has 1 fully saturated rings. The van der Waals surface area contributed by atoms with E-state index in [1.165, 1.54) is 11.1 Å². The van der Waals surface area contributed by atoms with E-state index in [1.54, 1.807) is 7.11 Å². The highest BCUT2D eigenvalue weighted by atomic mass is 35.5. The molecule has 1 amide bonds. The Kier molecular flexibility index (Phi) is 6.18. The topological polar surface area (TPSA) is 42.4 Å². The number of amides is 1. The van der Waals surface area contributed by atoms with Crippen molar-refractivity contribution in [2.45, 2.75) is 44.6 Å². The van der Waals surface area contributed by atoms with Crippen LogP contribution in [0, 0.1) is 0 Å². The molecule has 3 rings (SSSR count). The van der Waals surface area contributed by atoms with Crippen LogP contribution in [0.5, 0.6) is 0 Å². The fourth-order valence-electron chi connectivity index (χ4n) is 3.49. The van der Waals surface area contributed by atoms with Gasteiger partial charge in [0, 0.05) is 43.0 Å². The third kappa shape index (κ3) is 4.88. The van der Waals surface area contributed by atoms with Gasteiger partial charge in [0.1, 0.15) is 5.60 Å². The van der Waals surface area contributed by atoms with E-state index < -0.39 is 5.60 Å². The Bertz CT molecular complexity index is 772. The Hall–Kier alpha value is -1.91. The highest BCUT2D eigenvalue weighted by Gasteiger charge is 2.35. The van der Waals surface area contributed by atoms with Gasteiger partial charge in [0.05, 0.1) is 0 Å². The molecular formula is C22H27ClN2O2. The lowest BCUT2D eigenvalue weighted by molar-refractivity contribution is -0.152. The molecule has 1 atom stereocenters. The van der Waals surface area contributed by atoms with Crippen LogP contribution in [0.25, 0.3) is 0 Å². The summed E-state index contributed by atoms with van der Waals surface area (Å²) < 4.78 is 5.36. The van der Waals surface area contributed by atoms with E-state index in [4.69, 9.17) is 21.3 Å². The van der Waals surface area contributed by atoms with Gasteiger partial charge in [-0.25, -0.2) is 0 Å².